The van der Waals surface area contributed by atoms with Gasteiger partial charge >= 0.3 is 6.09 Å². The third kappa shape index (κ3) is 6.69. The van der Waals surface area contributed by atoms with Crippen molar-refractivity contribution in [1.82, 2.24) is 14.8 Å². The van der Waals surface area contributed by atoms with E-state index in [0.717, 1.165) is 11.3 Å². The zero-order valence-electron chi connectivity index (χ0n) is 19.0. The second kappa shape index (κ2) is 10.3. The number of anilines is 1. The van der Waals surface area contributed by atoms with Crippen LogP contribution >= 0.6 is 11.6 Å². The molecule has 0 saturated carbocycles. The summed E-state index contributed by atoms with van der Waals surface area (Å²) >= 11 is 6.07. The molecule has 8 nitrogen and oxygen atoms in total. The van der Waals surface area contributed by atoms with E-state index in [4.69, 9.17) is 25.2 Å². The first kappa shape index (κ1) is 24.0. The van der Waals surface area contributed by atoms with Crippen molar-refractivity contribution >= 4 is 32.4 Å². The molecule has 0 radical (unpaired) electrons. The van der Waals surface area contributed by atoms with Gasteiger partial charge in [0.2, 0.25) is 5.89 Å². The van der Waals surface area contributed by atoms with Crippen LogP contribution in [0.4, 0.5) is 10.5 Å². The van der Waals surface area contributed by atoms with Crippen LogP contribution in [-0.2, 0) is 22.3 Å². The summed E-state index contributed by atoms with van der Waals surface area (Å²) in [6, 6.07) is 7.21. The predicted molar refractivity (Wildman–Crippen MR) is 125 cm³/mol. The van der Waals surface area contributed by atoms with Crippen LogP contribution in [0.5, 0.6) is 0 Å². The zero-order chi connectivity index (χ0) is 23.3. The Balaban J connectivity index is 1.57. The van der Waals surface area contributed by atoms with Crippen LogP contribution < -0.4 is 5.32 Å². The Morgan fingerprint density at radius 1 is 1.31 bits per heavy atom. The molecule has 1 atom stereocenters. The highest BCUT2D eigenvalue weighted by molar-refractivity contribution is 6.48. The highest BCUT2D eigenvalue weighted by Gasteiger charge is 2.32. The van der Waals surface area contributed by atoms with Gasteiger partial charge in [-0.1, -0.05) is 50.6 Å². The van der Waals surface area contributed by atoms with E-state index in [0.29, 0.717) is 23.1 Å². The van der Waals surface area contributed by atoms with Crippen molar-refractivity contribution in [1.29, 1.82) is 0 Å². The smallest absolute Gasteiger partial charge is 0.412 e. The van der Waals surface area contributed by atoms with Crippen molar-refractivity contribution in [3.63, 3.8) is 0 Å². The summed E-state index contributed by atoms with van der Waals surface area (Å²) in [6.07, 6.45) is 4.07. The minimum Gasteiger partial charge on any atom is -0.446 e. The van der Waals surface area contributed by atoms with Gasteiger partial charge in [0.1, 0.15) is 24.7 Å². The number of nitrogens with zero attached hydrogens (tertiary/aromatic N) is 3. The summed E-state index contributed by atoms with van der Waals surface area (Å²) < 4.78 is 18.8. The Morgan fingerprint density at radius 3 is 2.75 bits per heavy atom. The molecule has 3 rings (SSSR count). The number of nitrogens with one attached hydrogen (secondary N) is 1. The first-order valence-corrected chi connectivity index (χ1v) is 13.6. The molecule has 172 valence electrons. The van der Waals surface area contributed by atoms with Gasteiger partial charge < -0.3 is 13.6 Å². The monoisotopic (exact) mass is 476 g/mol. The molecule has 1 aromatic carbocycles. The fraction of sp³-hybridized carbons (Fsp3) is 0.409. The normalized spacial score (nSPS) is 12.7. The largest absolute Gasteiger partial charge is 0.446 e. The standard InChI is InChI=1S/C22H29ClN4O4Si/c1-22(2,3)19(31-32(4)5)20-25-17(14-29-20)12-27-11-16(10-24-27)26-21(28)30-13-15-8-6-7-9-18(15)23/h6-11,14,19,32H,12-13H2,1-5H3,(H,26,28). The van der Waals surface area contributed by atoms with Crippen LogP contribution in [-0.4, -0.2) is 29.9 Å². The predicted octanol–water partition coefficient (Wildman–Crippen LogP) is 5.41. The molecular weight excluding hydrogens is 448 g/mol. The molecule has 3 aromatic rings. The Bertz CT molecular complexity index is 1040. The number of hydrogen-bond donors (Lipinski definition) is 1. The first-order chi connectivity index (χ1) is 15.1. The molecule has 0 spiro atoms. The summed E-state index contributed by atoms with van der Waals surface area (Å²) in [4.78, 5) is 16.7. The fourth-order valence-electron chi connectivity index (χ4n) is 3.01. The van der Waals surface area contributed by atoms with Crippen LogP contribution in [0, 0.1) is 5.41 Å². The summed E-state index contributed by atoms with van der Waals surface area (Å²) in [7, 11) is -1.27. The van der Waals surface area contributed by atoms with Crippen molar-refractivity contribution < 1.29 is 18.4 Å². The molecule has 0 bridgehead atoms. The number of ether oxygens (including phenoxy) is 1. The molecule has 2 aromatic heterocycles. The second-order valence-electron chi connectivity index (χ2n) is 8.83. The highest BCUT2D eigenvalue weighted by atomic mass is 35.5. The minimum atomic E-state index is -1.27. The molecule has 32 heavy (non-hydrogen) atoms. The van der Waals surface area contributed by atoms with Crippen molar-refractivity contribution in [2.45, 2.75) is 53.1 Å². The maximum atomic E-state index is 12.1. The van der Waals surface area contributed by atoms with E-state index >= 15 is 0 Å². The minimum absolute atomic E-state index is 0.0810. The molecule has 10 heteroatoms. The van der Waals surface area contributed by atoms with Crippen molar-refractivity contribution in [2.24, 2.45) is 5.41 Å². The number of halogens is 1. The average molecular weight is 477 g/mol. The Morgan fingerprint density at radius 2 is 2.06 bits per heavy atom. The number of oxazole rings is 1. The number of carbonyl (C=O) groups excluding carboxylic acids is 1. The third-order valence-electron chi connectivity index (χ3n) is 4.51. The van der Waals surface area contributed by atoms with Crippen LogP contribution in [0.3, 0.4) is 0 Å². The Hall–Kier alpha value is -2.62. The lowest BCUT2D eigenvalue weighted by molar-refractivity contribution is 0.0612. The van der Waals surface area contributed by atoms with Crippen LogP contribution in [0.25, 0.3) is 0 Å². The van der Waals surface area contributed by atoms with Crippen molar-refractivity contribution in [2.75, 3.05) is 5.32 Å². The van der Waals surface area contributed by atoms with Gasteiger partial charge in [-0.2, -0.15) is 5.10 Å². The maximum absolute atomic E-state index is 12.1. The van der Waals surface area contributed by atoms with Gasteiger partial charge in [0.25, 0.3) is 0 Å². The third-order valence-corrected chi connectivity index (χ3v) is 5.69. The molecular formula is C22H29ClN4O4Si. The number of aromatic nitrogens is 3. The summed E-state index contributed by atoms with van der Waals surface area (Å²) in [5, 5.41) is 7.47. The van der Waals surface area contributed by atoms with Gasteiger partial charge in [-0.25, -0.2) is 9.78 Å². The molecule has 1 N–H and O–H groups in total. The highest BCUT2D eigenvalue weighted by Crippen LogP contribution is 2.36. The zero-order valence-corrected chi connectivity index (χ0v) is 20.9. The summed E-state index contributed by atoms with van der Waals surface area (Å²) in [6.45, 7) is 11.0. The van der Waals surface area contributed by atoms with Crippen molar-refractivity contribution in [3.8, 4) is 0 Å². The summed E-state index contributed by atoms with van der Waals surface area (Å²) in [5.74, 6) is 0.572. The fourth-order valence-corrected chi connectivity index (χ4v) is 4.27. The van der Waals surface area contributed by atoms with E-state index < -0.39 is 15.1 Å². The second-order valence-corrected chi connectivity index (χ2v) is 11.6. The molecule has 0 aliphatic carbocycles. The van der Waals surface area contributed by atoms with E-state index in [1.54, 1.807) is 35.5 Å². The molecule has 1 unspecified atom stereocenters. The molecule has 0 fully saturated rings. The number of carbonyl (C=O) groups is 1. The van der Waals surface area contributed by atoms with Gasteiger partial charge in [0, 0.05) is 16.8 Å². The molecule has 0 saturated heterocycles. The lowest BCUT2D eigenvalue weighted by atomic mass is 9.89. The van der Waals surface area contributed by atoms with E-state index in [1.165, 1.54) is 0 Å². The quantitative estimate of drug-likeness (QED) is 0.437. The van der Waals surface area contributed by atoms with Gasteiger partial charge in [-0.15, -0.1) is 0 Å². The van der Waals surface area contributed by atoms with Crippen LogP contribution in [0.1, 0.15) is 44.0 Å². The van der Waals surface area contributed by atoms with Gasteiger partial charge in [0.15, 0.2) is 9.04 Å². The summed E-state index contributed by atoms with van der Waals surface area (Å²) in [5.41, 5.74) is 1.84. The van der Waals surface area contributed by atoms with E-state index in [9.17, 15) is 4.79 Å². The Labute approximate surface area is 194 Å². The number of rotatable bonds is 8. The lowest BCUT2D eigenvalue weighted by Crippen LogP contribution is -2.26. The molecule has 0 aliphatic rings. The van der Waals surface area contributed by atoms with Crippen molar-refractivity contribution in [3.05, 3.63) is 65.1 Å². The van der Waals surface area contributed by atoms with E-state index in [2.05, 4.69) is 49.3 Å². The first-order valence-electron chi connectivity index (χ1n) is 10.4. The lowest BCUT2D eigenvalue weighted by Gasteiger charge is -2.29. The van der Waals surface area contributed by atoms with E-state index in [1.807, 2.05) is 12.1 Å². The Kier molecular flexibility index (Phi) is 7.76. The molecule has 2 heterocycles. The van der Waals surface area contributed by atoms with Gasteiger partial charge in [-0.3, -0.25) is 10.00 Å². The van der Waals surface area contributed by atoms with Gasteiger partial charge in [-0.05, 0) is 24.6 Å². The number of amides is 1. The average Bonchev–Trinajstić information content (AvgIpc) is 3.34. The van der Waals surface area contributed by atoms with Crippen LogP contribution in [0.15, 0.2) is 47.3 Å². The van der Waals surface area contributed by atoms with E-state index in [-0.39, 0.29) is 18.1 Å². The number of benzene rings is 1. The number of hydrogen-bond acceptors (Lipinski definition) is 6. The topological polar surface area (TPSA) is 91.4 Å². The molecule has 1 amide bonds. The van der Waals surface area contributed by atoms with Gasteiger partial charge in [0.05, 0.1) is 18.4 Å². The van der Waals surface area contributed by atoms with Crippen LogP contribution in [0.2, 0.25) is 18.1 Å². The molecule has 0 aliphatic heterocycles. The SMILES string of the molecule is C[SiH](C)OC(c1nc(Cn2cc(NC(=O)OCc3ccccc3Cl)cn2)co1)C(C)(C)C. The maximum Gasteiger partial charge on any atom is 0.412 e.